The summed E-state index contributed by atoms with van der Waals surface area (Å²) in [5.74, 6) is 0.867. The van der Waals surface area contributed by atoms with Crippen molar-refractivity contribution in [3.05, 3.63) is 24.3 Å². The summed E-state index contributed by atoms with van der Waals surface area (Å²) in [6.07, 6.45) is 3.49. The van der Waals surface area contributed by atoms with E-state index in [1.165, 1.54) is 12.8 Å². The number of unbranched alkanes of at least 4 members (excludes halogenated alkanes) is 2. The van der Waals surface area contributed by atoms with Crippen molar-refractivity contribution in [1.82, 2.24) is 0 Å². The van der Waals surface area contributed by atoms with Crippen LogP contribution in [0.15, 0.2) is 24.3 Å². The molecule has 0 saturated carbocycles. The lowest BCUT2D eigenvalue weighted by Gasteiger charge is -2.24. The van der Waals surface area contributed by atoms with Gasteiger partial charge in [0.15, 0.2) is 0 Å². The van der Waals surface area contributed by atoms with E-state index in [-0.39, 0.29) is 0 Å². The standard InChI is InChI=1S/C14H24O4Si/c1-5-6-7-12-18-13-8-10-14(11-9-13)19(15-2,16-3)17-4/h8-11H,5-7,12H2,1-4H3. The highest BCUT2D eigenvalue weighted by Gasteiger charge is 2.40. The van der Waals surface area contributed by atoms with Gasteiger partial charge < -0.3 is 18.0 Å². The van der Waals surface area contributed by atoms with E-state index in [0.717, 1.165) is 24.0 Å². The summed E-state index contributed by atoms with van der Waals surface area (Å²) in [6, 6.07) is 7.75. The monoisotopic (exact) mass is 284 g/mol. The van der Waals surface area contributed by atoms with E-state index in [2.05, 4.69) is 6.92 Å². The molecule has 5 heteroatoms. The number of hydrogen-bond acceptors (Lipinski definition) is 4. The second-order valence-electron chi connectivity index (χ2n) is 4.25. The Labute approximate surface area is 117 Å². The first-order chi connectivity index (χ1) is 9.22. The molecule has 4 nitrogen and oxygen atoms in total. The topological polar surface area (TPSA) is 36.9 Å². The molecule has 0 fully saturated rings. The molecule has 1 aromatic rings. The van der Waals surface area contributed by atoms with Crippen LogP contribution in [0.3, 0.4) is 0 Å². The van der Waals surface area contributed by atoms with Gasteiger partial charge in [-0.1, -0.05) is 31.9 Å². The van der Waals surface area contributed by atoms with E-state index in [9.17, 15) is 0 Å². The largest absolute Gasteiger partial charge is 0.536 e. The maximum Gasteiger partial charge on any atom is 0.536 e. The number of ether oxygens (including phenoxy) is 1. The Morgan fingerprint density at radius 2 is 1.47 bits per heavy atom. The van der Waals surface area contributed by atoms with Gasteiger partial charge in [0.2, 0.25) is 0 Å². The van der Waals surface area contributed by atoms with Gasteiger partial charge in [0, 0.05) is 26.5 Å². The Balaban J connectivity index is 2.64. The average molecular weight is 284 g/mol. The molecule has 0 unspecified atom stereocenters. The molecule has 0 aliphatic heterocycles. The Hall–Kier alpha value is -0.883. The average Bonchev–Trinajstić information content (AvgIpc) is 2.47. The Bertz CT molecular complexity index is 341. The van der Waals surface area contributed by atoms with Gasteiger partial charge in [0.05, 0.1) is 6.61 Å². The first kappa shape index (κ1) is 16.2. The summed E-state index contributed by atoms with van der Waals surface area (Å²) in [5, 5.41) is 0.931. The molecule has 0 saturated heterocycles. The molecule has 0 heterocycles. The minimum atomic E-state index is -2.72. The van der Waals surface area contributed by atoms with Crippen LogP contribution in [-0.2, 0) is 13.3 Å². The summed E-state index contributed by atoms with van der Waals surface area (Å²) < 4.78 is 22.0. The van der Waals surface area contributed by atoms with Crippen LogP contribution < -0.4 is 9.92 Å². The van der Waals surface area contributed by atoms with E-state index in [0.29, 0.717) is 0 Å². The molecule has 1 aromatic carbocycles. The highest BCUT2D eigenvalue weighted by atomic mass is 28.4. The first-order valence-electron chi connectivity index (χ1n) is 6.61. The fourth-order valence-electron chi connectivity index (χ4n) is 1.90. The summed E-state index contributed by atoms with van der Waals surface area (Å²) in [6.45, 7) is 2.94. The van der Waals surface area contributed by atoms with Crippen LogP contribution in [0, 0.1) is 0 Å². The summed E-state index contributed by atoms with van der Waals surface area (Å²) in [5.41, 5.74) is 0. The number of rotatable bonds is 9. The van der Waals surface area contributed by atoms with Crippen LogP contribution in [0.2, 0.25) is 0 Å². The lowest BCUT2D eigenvalue weighted by Crippen LogP contribution is -2.54. The van der Waals surface area contributed by atoms with E-state index in [4.69, 9.17) is 18.0 Å². The van der Waals surface area contributed by atoms with Gasteiger partial charge in [-0.05, 0) is 18.6 Å². The highest BCUT2D eigenvalue weighted by molar-refractivity contribution is 6.75. The zero-order valence-electron chi connectivity index (χ0n) is 12.3. The van der Waals surface area contributed by atoms with Crippen molar-refractivity contribution in [3.8, 4) is 5.75 Å². The molecular formula is C14H24O4Si. The van der Waals surface area contributed by atoms with Gasteiger partial charge in [0.25, 0.3) is 0 Å². The van der Waals surface area contributed by atoms with Gasteiger partial charge in [-0.25, -0.2) is 0 Å². The van der Waals surface area contributed by atoms with Crippen LogP contribution in [0.1, 0.15) is 26.2 Å². The first-order valence-corrected chi connectivity index (χ1v) is 8.33. The second-order valence-corrected chi connectivity index (χ2v) is 7.16. The van der Waals surface area contributed by atoms with Crippen molar-refractivity contribution in [2.75, 3.05) is 27.9 Å². The quantitative estimate of drug-likeness (QED) is 0.515. The van der Waals surface area contributed by atoms with Crippen molar-refractivity contribution in [2.24, 2.45) is 0 Å². The van der Waals surface area contributed by atoms with E-state index in [1.807, 2.05) is 24.3 Å². The smallest absolute Gasteiger partial charge is 0.494 e. The van der Waals surface area contributed by atoms with Gasteiger partial charge in [-0.3, -0.25) is 0 Å². The number of benzene rings is 1. The van der Waals surface area contributed by atoms with Crippen LogP contribution in [-0.4, -0.2) is 36.7 Å². The molecule has 0 N–H and O–H groups in total. The van der Waals surface area contributed by atoms with Crippen LogP contribution in [0.5, 0.6) is 5.75 Å². The van der Waals surface area contributed by atoms with E-state index < -0.39 is 8.80 Å². The lowest BCUT2D eigenvalue weighted by molar-refractivity contribution is 0.140. The predicted molar refractivity (Wildman–Crippen MR) is 77.9 cm³/mol. The third kappa shape index (κ3) is 4.31. The van der Waals surface area contributed by atoms with E-state index in [1.54, 1.807) is 21.3 Å². The molecule has 108 valence electrons. The molecule has 19 heavy (non-hydrogen) atoms. The molecule has 0 aliphatic carbocycles. The molecule has 0 amide bonds. The van der Waals surface area contributed by atoms with Crippen molar-refractivity contribution in [2.45, 2.75) is 26.2 Å². The SMILES string of the molecule is CCCCCOc1ccc([Si](OC)(OC)OC)cc1. The fraction of sp³-hybridized carbons (Fsp3) is 0.571. The molecule has 0 aliphatic rings. The Morgan fingerprint density at radius 1 is 0.895 bits per heavy atom. The van der Waals surface area contributed by atoms with Gasteiger partial charge in [-0.2, -0.15) is 0 Å². The third-order valence-corrected chi connectivity index (χ3v) is 5.68. The van der Waals surface area contributed by atoms with Gasteiger partial charge in [0.1, 0.15) is 5.75 Å². The van der Waals surface area contributed by atoms with Crippen LogP contribution in [0.4, 0.5) is 0 Å². The van der Waals surface area contributed by atoms with Crippen molar-refractivity contribution in [1.29, 1.82) is 0 Å². The van der Waals surface area contributed by atoms with Crippen LogP contribution >= 0.6 is 0 Å². The maximum absolute atomic E-state index is 5.67. The third-order valence-electron chi connectivity index (χ3n) is 3.03. The predicted octanol–water partition coefficient (Wildman–Crippen LogP) is 2.34. The van der Waals surface area contributed by atoms with Crippen molar-refractivity contribution >= 4 is 14.0 Å². The van der Waals surface area contributed by atoms with Crippen LogP contribution in [0.25, 0.3) is 0 Å². The molecule has 0 spiro atoms. The second kappa shape index (κ2) is 8.32. The number of hydrogen-bond donors (Lipinski definition) is 0. The Morgan fingerprint density at radius 3 is 1.95 bits per heavy atom. The van der Waals surface area contributed by atoms with Gasteiger partial charge in [-0.15, -0.1) is 0 Å². The van der Waals surface area contributed by atoms with E-state index >= 15 is 0 Å². The summed E-state index contributed by atoms with van der Waals surface area (Å²) >= 11 is 0. The Kier molecular flexibility index (Phi) is 7.08. The summed E-state index contributed by atoms with van der Waals surface area (Å²) in [4.78, 5) is 0. The minimum Gasteiger partial charge on any atom is -0.494 e. The van der Waals surface area contributed by atoms with Crippen molar-refractivity contribution < 1.29 is 18.0 Å². The molecule has 1 rings (SSSR count). The zero-order valence-corrected chi connectivity index (χ0v) is 13.3. The van der Waals surface area contributed by atoms with Gasteiger partial charge >= 0.3 is 8.80 Å². The normalized spacial score (nSPS) is 11.6. The minimum absolute atomic E-state index is 0.759. The molecular weight excluding hydrogens is 260 g/mol. The molecule has 0 bridgehead atoms. The van der Waals surface area contributed by atoms with Crippen molar-refractivity contribution in [3.63, 3.8) is 0 Å². The fourth-order valence-corrected chi connectivity index (χ4v) is 3.68. The molecule has 0 aromatic heterocycles. The molecule has 0 radical (unpaired) electrons. The maximum atomic E-state index is 5.67. The zero-order chi connectivity index (χ0) is 14.1. The highest BCUT2D eigenvalue weighted by Crippen LogP contribution is 2.13. The molecule has 0 atom stereocenters. The summed E-state index contributed by atoms with van der Waals surface area (Å²) in [7, 11) is 2.10. The lowest BCUT2D eigenvalue weighted by atomic mass is 10.3.